The van der Waals surface area contributed by atoms with Crippen LogP contribution >= 0.6 is 0 Å². The van der Waals surface area contributed by atoms with Crippen molar-refractivity contribution >= 4 is 15.7 Å². The number of rotatable bonds is 4. The molecule has 1 saturated heterocycles. The van der Waals surface area contributed by atoms with Crippen LogP contribution in [0.4, 0.5) is 0 Å². The minimum absolute atomic E-state index is 0.0691. The molecule has 8 heteroatoms. The number of carbonyl (C=O) groups excluding carboxylic acids is 1. The van der Waals surface area contributed by atoms with E-state index >= 15 is 0 Å². The van der Waals surface area contributed by atoms with Crippen molar-refractivity contribution < 1.29 is 13.2 Å². The van der Waals surface area contributed by atoms with Crippen LogP contribution in [0.2, 0.25) is 0 Å². The van der Waals surface area contributed by atoms with Crippen molar-refractivity contribution in [2.24, 2.45) is 0 Å². The molecule has 1 N–H and O–H groups in total. The molecule has 7 nitrogen and oxygen atoms in total. The number of hydrogen-bond donors (Lipinski definition) is 1. The van der Waals surface area contributed by atoms with Gasteiger partial charge in [-0.1, -0.05) is 6.92 Å². The van der Waals surface area contributed by atoms with E-state index in [1.54, 1.807) is 6.92 Å². The van der Waals surface area contributed by atoms with Crippen LogP contribution in [0, 0.1) is 0 Å². The van der Waals surface area contributed by atoms with E-state index < -0.39 is 21.3 Å². The molecule has 1 amide bonds. The average Bonchev–Trinajstić information content (AvgIpc) is 2.66. The third-order valence-electron chi connectivity index (χ3n) is 3.45. The number of aryl methyl sites for hydroxylation is 1. The fourth-order valence-corrected chi connectivity index (χ4v) is 4.48. The number of hydrogen-bond acceptors (Lipinski definition) is 5. The second-order valence-corrected chi connectivity index (χ2v) is 7.82. The van der Waals surface area contributed by atoms with E-state index in [0.29, 0.717) is 13.0 Å². The van der Waals surface area contributed by atoms with Crippen molar-refractivity contribution in [1.82, 2.24) is 15.1 Å². The zero-order chi connectivity index (χ0) is 15.7. The fraction of sp³-hybridized carbons (Fsp3) is 0.615. The van der Waals surface area contributed by atoms with Gasteiger partial charge in [-0.15, -0.1) is 0 Å². The van der Waals surface area contributed by atoms with Gasteiger partial charge in [-0.3, -0.25) is 9.59 Å². The molecule has 0 bridgehead atoms. The van der Waals surface area contributed by atoms with Gasteiger partial charge in [0.25, 0.3) is 11.5 Å². The standard InChI is InChI=1S/C13H19N3O4S/c1-3-7-16-11(17)5-4-10(15-16)12(18)14-13(2)6-8-21(19,20)9-13/h4-5H,3,6-9H2,1-2H3,(H,14,18). The molecule has 2 rings (SSSR count). The second-order valence-electron chi connectivity index (χ2n) is 5.64. The predicted octanol–water partition coefficient (Wildman–Crippen LogP) is -0.0397. The van der Waals surface area contributed by atoms with Gasteiger partial charge < -0.3 is 5.32 Å². The Labute approximate surface area is 123 Å². The maximum Gasteiger partial charge on any atom is 0.272 e. The minimum Gasteiger partial charge on any atom is -0.344 e. The lowest BCUT2D eigenvalue weighted by atomic mass is 10.0. The normalized spacial score (nSPS) is 23.9. The summed E-state index contributed by atoms with van der Waals surface area (Å²) in [7, 11) is -3.10. The van der Waals surface area contributed by atoms with Crippen molar-refractivity contribution in [3.05, 3.63) is 28.2 Å². The summed E-state index contributed by atoms with van der Waals surface area (Å²) >= 11 is 0. The van der Waals surface area contributed by atoms with Gasteiger partial charge in [-0.05, 0) is 25.8 Å². The summed E-state index contributed by atoms with van der Waals surface area (Å²) in [4.78, 5) is 23.8. The van der Waals surface area contributed by atoms with Crippen LogP contribution in [0.5, 0.6) is 0 Å². The Bertz CT molecular complexity index is 710. The summed E-state index contributed by atoms with van der Waals surface area (Å²) in [5, 5.41) is 6.73. The van der Waals surface area contributed by atoms with E-state index in [2.05, 4.69) is 10.4 Å². The van der Waals surface area contributed by atoms with Crippen molar-refractivity contribution in [1.29, 1.82) is 0 Å². The van der Waals surface area contributed by atoms with Crippen molar-refractivity contribution in [2.75, 3.05) is 11.5 Å². The van der Waals surface area contributed by atoms with Crippen LogP contribution in [0.25, 0.3) is 0 Å². The smallest absolute Gasteiger partial charge is 0.272 e. The van der Waals surface area contributed by atoms with Crippen molar-refractivity contribution in [2.45, 2.75) is 38.8 Å². The number of sulfone groups is 1. The van der Waals surface area contributed by atoms with Crippen molar-refractivity contribution in [3.8, 4) is 0 Å². The van der Waals surface area contributed by atoms with Crippen LogP contribution in [-0.4, -0.2) is 41.2 Å². The lowest BCUT2D eigenvalue weighted by molar-refractivity contribution is 0.0907. The Kier molecular flexibility index (Phi) is 4.18. The first-order chi connectivity index (χ1) is 9.75. The van der Waals surface area contributed by atoms with Gasteiger partial charge in [-0.2, -0.15) is 5.10 Å². The molecule has 1 aliphatic heterocycles. The Morgan fingerprint density at radius 3 is 2.76 bits per heavy atom. The first-order valence-electron chi connectivity index (χ1n) is 6.86. The molecule has 1 unspecified atom stereocenters. The first-order valence-corrected chi connectivity index (χ1v) is 8.68. The summed E-state index contributed by atoms with van der Waals surface area (Å²) < 4.78 is 24.3. The third-order valence-corrected chi connectivity index (χ3v) is 5.36. The maximum absolute atomic E-state index is 12.2. The van der Waals surface area contributed by atoms with Crippen LogP contribution in [-0.2, 0) is 16.4 Å². The second kappa shape index (κ2) is 5.59. The van der Waals surface area contributed by atoms with E-state index in [9.17, 15) is 18.0 Å². The molecular formula is C13H19N3O4S. The molecule has 1 atom stereocenters. The largest absolute Gasteiger partial charge is 0.344 e. The van der Waals surface area contributed by atoms with Gasteiger partial charge in [0.1, 0.15) is 5.69 Å². The Morgan fingerprint density at radius 1 is 1.48 bits per heavy atom. The summed E-state index contributed by atoms with van der Waals surface area (Å²) in [5.41, 5.74) is -0.916. The van der Waals surface area contributed by atoms with Gasteiger partial charge in [0, 0.05) is 12.6 Å². The van der Waals surface area contributed by atoms with Crippen LogP contribution in [0.3, 0.4) is 0 Å². The van der Waals surface area contributed by atoms with E-state index in [1.165, 1.54) is 16.8 Å². The fourth-order valence-electron chi connectivity index (χ4n) is 2.39. The summed E-state index contributed by atoms with van der Waals surface area (Å²) in [6.45, 7) is 4.05. The van der Waals surface area contributed by atoms with Gasteiger partial charge in [0.05, 0.1) is 17.0 Å². The topological polar surface area (TPSA) is 98.1 Å². The van der Waals surface area contributed by atoms with E-state index in [-0.39, 0.29) is 22.8 Å². The Balaban J connectivity index is 2.18. The number of amides is 1. The Hall–Kier alpha value is -1.70. The lowest BCUT2D eigenvalue weighted by Crippen LogP contribution is -2.47. The van der Waals surface area contributed by atoms with Crippen molar-refractivity contribution in [3.63, 3.8) is 0 Å². The average molecular weight is 313 g/mol. The van der Waals surface area contributed by atoms with E-state index in [4.69, 9.17) is 0 Å². The molecule has 0 radical (unpaired) electrons. The molecule has 0 aromatic carbocycles. The molecule has 21 heavy (non-hydrogen) atoms. The predicted molar refractivity (Wildman–Crippen MR) is 77.9 cm³/mol. The molecule has 1 aliphatic rings. The highest BCUT2D eigenvalue weighted by atomic mass is 32.2. The molecule has 116 valence electrons. The van der Waals surface area contributed by atoms with Gasteiger partial charge in [0.2, 0.25) is 0 Å². The maximum atomic E-state index is 12.2. The van der Waals surface area contributed by atoms with E-state index in [1.807, 2.05) is 6.92 Å². The highest BCUT2D eigenvalue weighted by Gasteiger charge is 2.39. The molecule has 1 fully saturated rings. The SMILES string of the molecule is CCCn1nc(C(=O)NC2(C)CCS(=O)(=O)C2)ccc1=O. The van der Waals surface area contributed by atoms with Crippen LogP contribution < -0.4 is 10.9 Å². The highest BCUT2D eigenvalue weighted by molar-refractivity contribution is 7.91. The van der Waals surface area contributed by atoms with Gasteiger partial charge >= 0.3 is 0 Å². The van der Waals surface area contributed by atoms with Crippen LogP contribution in [0.1, 0.15) is 37.2 Å². The van der Waals surface area contributed by atoms with Gasteiger partial charge in [0.15, 0.2) is 9.84 Å². The molecular weight excluding hydrogens is 294 g/mol. The molecule has 0 saturated carbocycles. The van der Waals surface area contributed by atoms with Crippen LogP contribution in [0.15, 0.2) is 16.9 Å². The number of nitrogens with one attached hydrogen (secondary N) is 1. The Morgan fingerprint density at radius 2 is 2.19 bits per heavy atom. The van der Waals surface area contributed by atoms with Gasteiger partial charge in [-0.25, -0.2) is 13.1 Å². The zero-order valence-corrected chi connectivity index (χ0v) is 12.9. The zero-order valence-electron chi connectivity index (χ0n) is 12.1. The van der Waals surface area contributed by atoms with E-state index in [0.717, 1.165) is 6.42 Å². The third kappa shape index (κ3) is 3.69. The summed E-state index contributed by atoms with van der Waals surface area (Å²) in [6, 6.07) is 2.65. The number of nitrogens with zero attached hydrogens (tertiary/aromatic N) is 2. The molecule has 2 heterocycles. The summed E-state index contributed by atoms with van der Waals surface area (Å²) in [6.07, 6.45) is 1.11. The molecule has 0 spiro atoms. The number of aromatic nitrogens is 2. The summed E-state index contributed by atoms with van der Waals surface area (Å²) in [5.74, 6) is -0.452. The highest BCUT2D eigenvalue weighted by Crippen LogP contribution is 2.23. The first kappa shape index (κ1) is 15.7. The number of carbonyl (C=O) groups is 1. The molecule has 1 aromatic heterocycles. The monoisotopic (exact) mass is 313 g/mol. The quantitative estimate of drug-likeness (QED) is 0.841. The minimum atomic E-state index is -3.10. The molecule has 1 aromatic rings. The lowest BCUT2D eigenvalue weighted by Gasteiger charge is -2.23. The molecule has 0 aliphatic carbocycles.